The Hall–Kier alpha value is -4.28. The van der Waals surface area contributed by atoms with Crippen molar-refractivity contribution >= 4 is 27.9 Å². The number of esters is 1. The van der Waals surface area contributed by atoms with Crippen LogP contribution in [0.15, 0.2) is 60.8 Å². The molecule has 2 aliphatic rings. The molecule has 5 aromatic rings. The van der Waals surface area contributed by atoms with Crippen molar-refractivity contribution in [3.05, 3.63) is 83.4 Å². The molecule has 2 saturated heterocycles. The Morgan fingerprint density at radius 1 is 1.02 bits per heavy atom. The van der Waals surface area contributed by atoms with Gasteiger partial charge in [0.2, 0.25) is 5.88 Å². The highest BCUT2D eigenvalue weighted by Crippen LogP contribution is 2.30. The zero-order valence-electron chi connectivity index (χ0n) is 24.6. The summed E-state index contributed by atoms with van der Waals surface area (Å²) in [5, 5.41) is 5.45. The fourth-order valence-electron chi connectivity index (χ4n) is 6.14. The van der Waals surface area contributed by atoms with Crippen molar-refractivity contribution in [1.29, 1.82) is 0 Å². The van der Waals surface area contributed by atoms with Crippen LogP contribution in [0.5, 0.6) is 5.88 Å². The molecule has 222 valence electrons. The van der Waals surface area contributed by atoms with Crippen LogP contribution in [0.3, 0.4) is 0 Å². The summed E-state index contributed by atoms with van der Waals surface area (Å²) in [6, 6.07) is 18.0. The molecule has 43 heavy (non-hydrogen) atoms. The van der Waals surface area contributed by atoms with Gasteiger partial charge in [0.05, 0.1) is 54.6 Å². The number of hydrogen-bond acceptors (Lipinski definition) is 8. The average molecular weight is 581 g/mol. The van der Waals surface area contributed by atoms with E-state index in [0.717, 1.165) is 91.1 Å². The number of benzene rings is 2. The monoisotopic (exact) mass is 580 g/mol. The molecule has 0 N–H and O–H groups in total. The molecule has 0 unspecified atom stereocenters. The number of hydrogen-bond donors (Lipinski definition) is 0. The molecule has 0 amide bonds. The number of carbonyl (C=O) groups excluding carboxylic acids is 1. The van der Waals surface area contributed by atoms with Crippen LogP contribution in [-0.2, 0) is 36.2 Å². The molecule has 0 spiro atoms. The highest BCUT2D eigenvalue weighted by molar-refractivity contribution is 5.93. The number of imidazole rings is 1. The molecule has 1 atom stereocenters. The molecule has 2 fully saturated rings. The molecule has 0 radical (unpaired) electrons. The van der Waals surface area contributed by atoms with Crippen LogP contribution < -0.4 is 4.74 Å². The predicted molar refractivity (Wildman–Crippen MR) is 162 cm³/mol. The van der Waals surface area contributed by atoms with Crippen LogP contribution in [0.2, 0.25) is 0 Å². The number of aryl methyl sites for hydroxylation is 1. The highest BCUT2D eigenvalue weighted by Gasteiger charge is 2.26. The second kappa shape index (κ2) is 11.8. The van der Waals surface area contributed by atoms with Crippen molar-refractivity contribution in [2.45, 2.75) is 51.0 Å². The summed E-state index contributed by atoms with van der Waals surface area (Å²) < 4.78 is 20.9. The van der Waals surface area contributed by atoms with Gasteiger partial charge in [-0.05, 0) is 68.2 Å². The lowest BCUT2D eigenvalue weighted by atomic mass is 9.93. The van der Waals surface area contributed by atoms with E-state index in [4.69, 9.17) is 24.2 Å². The maximum atomic E-state index is 12.2. The number of ether oxygens (including phenoxy) is 3. The minimum absolute atomic E-state index is 0.183. The Morgan fingerprint density at radius 3 is 2.67 bits per heavy atom. The van der Waals surface area contributed by atoms with Gasteiger partial charge in [-0.15, -0.1) is 0 Å². The molecule has 2 aliphatic heterocycles. The van der Waals surface area contributed by atoms with Crippen LogP contribution in [0.25, 0.3) is 21.9 Å². The van der Waals surface area contributed by atoms with Crippen molar-refractivity contribution < 1.29 is 19.0 Å². The van der Waals surface area contributed by atoms with Crippen LogP contribution in [0.4, 0.5) is 0 Å². The van der Waals surface area contributed by atoms with Gasteiger partial charge in [0.25, 0.3) is 0 Å². The van der Waals surface area contributed by atoms with E-state index >= 15 is 0 Å². The number of likely N-dealkylation sites (tertiary alicyclic amines) is 1. The van der Waals surface area contributed by atoms with E-state index in [-0.39, 0.29) is 12.1 Å². The van der Waals surface area contributed by atoms with Crippen LogP contribution in [0.1, 0.15) is 52.6 Å². The van der Waals surface area contributed by atoms with Gasteiger partial charge in [-0.2, -0.15) is 5.10 Å². The van der Waals surface area contributed by atoms with Gasteiger partial charge in [-0.25, -0.2) is 14.8 Å². The molecule has 0 bridgehead atoms. The largest absolute Gasteiger partial charge is 0.473 e. The minimum Gasteiger partial charge on any atom is -0.473 e. The average Bonchev–Trinajstić information content (AvgIpc) is 3.56. The molecule has 0 aliphatic carbocycles. The Bertz CT molecular complexity index is 1770. The van der Waals surface area contributed by atoms with E-state index in [2.05, 4.69) is 38.8 Å². The van der Waals surface area contributed by atoms with Crippen LogP contribution in [-0.4, -0.2) is 68.1 Å². The molecule has 2 aromatic carbocycles. The Kier molecular flexibility index (Phi) is 7.54. The molecule has 10 heteroatoms. The lowest BCUT2D eigenvalue weighted by Crippen LogP contribution is -2.35. The smallest absolute Gasteiger partial charge is 0.337 e. The zero-order chi connectivity index (χ0) is 29.3. The lowest BCUT2D eigenvalue weighted by Gasteiger charge is -2.32. The molecular weight excluding hydrogens is 544 g/mol. The molecule has 5 heterocycles. The lowest BCUT2D eigenvalue weighted by molar-refractivity contribution is -0.0592. The Morgan fingerprint density at radius 2 is 1.88 bits per heavy atom. The quantitative estimate of drug-likeness (QED) is 0.228. The number of methoxy groups -OCH3 is 1. The van der Waals surface area contributed by atoms with Gasteiger partial charge in [-0.1, -0.05) is 18.2 Å². The topological polar surface area (TPSA) is 96.5 Å². The summed E-state index contributed by atoms with van der Waals surface area (Å²) in [4.78, 5) is 24.5. The third kappa shape index (κ3) is 5.72. The van der Waals surface area contributed by atoms with Crippen molar-refractivity contribution in [3.8, 4) is 5.88 Å². The second-order valence-electron chi connectivity index (χ2n) is 11.5. The fraction of sp³-hybridized carbons (Fsp3) is 0.394. The SMILES string of the molecule is COC(=O)c1ccc2nc(CN3CCC(c4cccc(OCc5ccc6cnn(C)c6c5)n4)CC3)n(C[C@@H]3CCO3)c2c1. The van der Waals surface area contributed by atoms with Gasteiger partial charge < -0.3 is 18.8 Å². The number of pyridine rings is 1. The standard InChI is InChI=1S/C33H36N6O4/c1-37-29-16-22(6-7-25(29)18-34-37)21-43-32-5-3-4-27(36-32)23-10-13-38(14-11-23)20-31-35-28-9-8-24(33(40)41-2)17-30(28)39(31)19-26-12-15-42-26/h3-9,16-18,23,26H,10-15,19-21H2,1-2H3/t26-/m0/s1. The summed E-state index contributed by atoms with van der Waals surface area (Å²) in [6.07, 6.45) is 5.13. The van der Waals surface area contributed by atoms with E-state index in [1.165, 1.54) is 7.11 Å². The first kappa shape index (κ1) is 27.5. The van der Waals surface area contributed by atoms with Crippen molar-refractivity contribution in [2.24, 2.45) is 7.05 Å². The number of piperidine rings is 1. The van der Waals surface area contributed by atoms with Gasteiger partial charge in [0, 0.05) is 36.7 Å². The van der Waals surface area contributed by atoms with E-state index in [0.29, 0.717) is 24.0 Å². The minimum atomic E-state index is -0.340. The Balaban J connectivity index is 1.00. The first-order valence-corrected chi connectivity index (χ1v) is 15.0. The van der Waals surface area contributed by atoms with Crippen LogP contribution in [0, 0.1) is 0 Å². The molecule has 10 nitrogen and oxygen atoms in total. The number of fused-ring (bicyclic) bond motifs is 2. The Labute approximate surface area is 250 Å². The number of carbonyl (C=O) groups is 1. The fourth-order valence-corrected chi connectivity index (χ4v) is 6.14. The van der Waals surface area contributed by atoms with Gasteiger partial charge in [0.1, 0.15) is 12.4 Å². The van der Waals surface area contributed by atoms with Gasteiger partial charge >= 0.3 is 5.97 Å². The van der Waals surface area contributed by atoms with E-state index in [1.54, 1.807) is 6.07 Å². The maximum Gasteiger partial charge on any atom is 0.337 e. The predicted octanol–water partition coefficient (Wildman–Crippen LogP) is 4.85. The van der Waals surface area contributed by atoms with Crippen LogP contribution >= 0.6 is 0 Å². The van der Waals surface area contributed by atoms with Crippen molar-refractivity contribution in [3.63, 3.8) is 0 Å². The summed E-state index contributed by atoms with van der Waals surface area (Å²) in [6.45, 7) is 4.66. The summed E-state index contributed by atoms with van der Waals surface area (Å²) in [5.41, 5.74) is 5.64. The van der Waals surface area contributed by atoms with E-state index in [9.17, 15) is 4.79 Å². The zero-order valence-corrected chi connectivity index (χ0v) is 24.6. The van der Waals surface area contributed by atoms with Gasteiger partial charge in [0.15, 0.2) is 0 Å². The number of nitrogens with zero attached hydrogens (tertiary/aromatic N) is 6. The number of aromatic nitrogens is 5. The molecule has 3 aromatic heterocycles. The summed E-state index contributed by atoms with van der Waals surface area (Å²) in [5.74, 6) is 1.70. The maximum absolute atomic E-state index is 12.2. The van der Waals surface area contributed by atoms with Crippen molar-refractivity contribution in [2.75, 3.05) is 26.8 Å². The third-order valence-corrected chi connectivity index (χ3v) is 8.74. The molecule has 7 rings (SSSR count). The third-order valence-electron chi connectivity index (χ3n) is 8.74. The van der Waals surface area contributed by atoms with Crippen molar-refractivity contribution in [1.82, 2.24) is 29.2 Å². The summed E-state index contributed by atoms with van der Waals surface area (Å²) >= 11 is 0. The van der Waals surface area contributed by atoms with E-state index in [1.807, 2.05) is 42.2 Å². The highest BCUT2D eigenvalue weighted by atomic mass is 16.5. The second-order valence-corrected chi connectivity index (χ2v) is 11.5. The van der Waals surface area contributed by atoms with Gasteiger partial charge in [-0.3, -0.25) is 9.58 Å². The first-order valence-electron chi connectivity index (χ1n) is 15.0. The van der Waals surface area contributed by atoms with E-state index < -0.39 is 0 Å². The number of rotatable bonds is 9. The molecular formula is C33H36N6O4. The first-order chi connectivity index (χ1) is 21.0. The molecule has 0 saturated carbocycles. The summed E-state index contributed by atoms with van der Waals surface area (Å²) in [7, 11) is 3.36. The normalized spacial score (nSPS) is 17.8.